The summed E-state index contributed by atoms with van der Waals surface area (Å²) in [4.78, 5) is 19.5. The lowest BCUT2D eigenvalue weighted by molar-refractivity contribution is -0.00258. The Balaban J connectivity index is 1.74. The molecule has 3 aromatic rings. The smallest absolute Gasteiger partial charge is 0.255 e. The van der Waals surface area contributed by atoms with E-state index in [0.717, 1.165) is 16.5 Å². The Morgan fingerprint density at radius 2 is 1.92 bits per heavy atom. The normalized spacial score (nSPS) is 17.8. The molecule has 4 rings (SSSR count). The van der Waals surface area contributed by atoms with Gasteiger partial charge in [0, 0.05) is 23.7 Å². The van der Waals surface area contributed by atoms with Crippen molar-refractivity contribution in [3.63, 3.8) is 0 Å². The number of benzene rings is 2. The molecule has 0 bridgehead atoms. The minimum absolute atomic E-state index is 0.0331. The summed E-state index contributed by atoms with van der Waals surface area (Å²) >= 11 is 0. The molecule has 1 amide bonds. The van der Waals surface area contributed by atoms with E-state index in [0.29, 0.717) is 25.3 Å². The molecule has 1 aliphatic heterocycles. The lowest BCUT2D eigenvalue weighted by atomic mass is 10.0. The van der Waals surface area contributed by atoms with E-state index in [1.807, 2.05) is 65.6 Å². The summed E-state index contributed by atoms with van der Waals surface area (Å²) < 4.78 is 5.63. The lowest BCUT2D eigenvalue weighted by Gasteiger charge is -2.36. The molecule has 4 heteroatoms. The fourth-order valence-corrected chi connectivity index (χ4v) is 3.24. The summed E-state index contributed by atoms with van der Waals surface area (Å²) in [7, 11) is 0. The molecule has 1 saturated heterocycles. The van der Waals surface area contributed by atoms with Crippen molar-refractivity contribution in [3.8, 4) is 0 Å². The third-order valence-corrected chi connectivity index (χ3v) is 4.45. The number of carbonyl (C=O) groups is 1. The molecule has 2 aromatic carbocycles. The Morgan fingerprint density at radius 1 is 1.04 bits per heavy atom. The number of hydrogen-bond acceptors (Lipinski definition) is 3. The van der Waals surface area contributed by atoms with E-state index in [9.17, 15) is 4.79 Å². The van der Waals surface area contributed by atoms with Crippen molar-refractivity contribution in [2.24, 2.45) is 0 Å². The van der Waals surface area contributed by atoms with E-state index in [-0.39, 0.29) is 11.9 Å². The topological polar surface area (TPSA) is 42.4 Å². The van der Waals surface area contributed by atoms with E-state index in [1.165, 1.54) is 0 Å². The quantitative estimate of drug-likeness (QED) is 0.727. The first-order valence-electron chi connectivity index (χ1n) is 8.12. The SMILES string of the molecule is O=C(c1cccc2ncccc12)N1CCOCC1c1ccccc1. The second-order valence-electron chi connectivity index (χ2n) is 5.88. The number of amides is 1. The van der Waals surface area contributed by atoms with Gasteiger partial charge in [0.05, 0.1) is 24.8 Å². The number of carbonyl (C=O) groups excluding carboxylic acids is 1. The van der Waals surface area contributed by atoms with Crippen molar-refractivity contribution < 1.29 is 9.53 Å². The van der Waals surface area contributed by atoms with Gasteiger partial charge in [-0.1, -0.05) is 42.5 Å². The van der Waals surface area contributed by atoms with Crippen LogP contribution in [0.4, 0.5) is 0 Å². The van der Waals surface area contributed by atoms with Crippen LogP contribution in [0, 0.1) is 0 Å². The number of ether oxygens (including phenoxy) is 1. The molecule has 1 aromatic heterocycles. The largest absolute Gasteiger partial charge is 0.377 e. The zero-order valence-corrected chi connectivity index (χ0v) is 13.3. The summed E-state index contributed by atoms with van der Waals surface area (Å²) in [5, 5.41) is 0.892. The number of morpholine rings is 1. The van der Waals surface area contributed by atoms with Gasteiger partial charge in [0.25, 0.3) is 5.91 Å². The molecule has 0 spiro atoms. The molecule has 0 saturated carbocycles. The van der Waals surface area contributed by atoms with Crippen molar-refractivity contribution >= 4 is 16.8 Å². The number of hydrogen-bond donors (Lipinski definition) is 0. The van der Waals surface area contributed by atoms with E-state index in [1.54, 1.807) is 6.20 Å². The maximum absolute atomic E-state index is 13.2. The molecule has 4 nitrogen and oxygen atoms in total. The lowest BCUT2D eigenvalue weighted by Crippen LogP contribution is -2.43. The van der Waals surface area contributed by atoms with Gasteiger partial charge >= 0.3 is 0 Å². The van der Waals surface area contributed by atoms with Gasteiger partial charge in [-0.05, 0) is 23.8 Å². The third kappa shape index (κ3) is 2.65. The van der Waals surface area contributed by atoms with Gasteiger partial charge < -0.3 is 9.64 Å². The van der Waals surface area contributed by atoms with Gasteiger partial charge in [-0.3, -0.25) is 9.78 Å². The molecule has 0 aliphatic carbocycles. The van der Waals surface area contributed by atoms with Crippen LogP contribution in [0.3, 0.4) is 0 Å². The van der Waals surface area contributed by atoms with Crippen molar-refractivity contribution in [1.82, 2.24) is 9.88 Å². The molecule has 2 heterocycles. The number of rotatable bonds is 2. The Labute approximate surface area is 140 Å². The molecule has 1 aliphatic rings. The van der Waals surface area contributed by atoms with Gasteiger partial charge in [0.1, 0.15) is 0 Å². The average Bonchev–Trinajstić information content (AvgIpc) is 2.68. The number of aromatic nitrogens is 1. The zero-order valence-electron chi connectivity index (χ0n) is 13.3. The average molecular weight is 318 g/mol. The summed E-state index contributed by atoms with van der Waals surface area (Å²) in [6.45, 7) is 1.69. The Kier molecular flexibility index (Phi) is 3.97. The minimum atomic E-state index is -0.0561. The fraction of sp³-hybridized carbons (Fsp3) is 0.200. The van der Waals surface area contributed by atoms with Gasteiger partial charge in [0.15, 0.2) is 0 Å². The third-order valence-electron chi connectivity index (χ3n) is 4.45. The van der Waals surface area contributed by atoms with Crippen LogP contribution in [0.25, 0.3) is 10.9 Å². The van der Waals surface area contributed by atoms with Gasteiger partial charge in [-0.15, -0.1) is 0 Å². The predicted octanol–water partition coefficient (Wildman–Crippen LogP) is 3.45. The van der Waals surface area contributed by atoms with Gasteiger partial charge in [-0.25, -0.2) is 0 Å². The molecule has 1 atom stereocenters. The van der Waals surface area contributed by atoms with E-state index < -0.39 is 0 Å². The second kappa shape index (κ2) is 6.42. The predicted molar refractivity (Wildman–Crippen MR) is 92.8 cm³/mol. The van der Waals surface area contributed by atoms with Crippen LogP contribution in [-0.2, 0) is 4.74 Å². The first-order chi connectivity index (χ1) is 11.8. The van der Waals surface area contributed by atoms with Crippen LogP contribution in [-0.4, -0.2) is 35.5 Å². The molecule has 1 fully saturated rings. The Morgan fingerprint density at radius 3 is 2.79 bits per heavy atom. The van der Waals surface area contributed by atoms with Crippen molar-refractivity contribution in [2.75, 3.05) is 19.8 Å². The minimum Gasteiger partial charge on any atom is -0.377 e. The Hall–Kier alpha value is -2.72. The molecule has 0 radical (unpaired) electrons. The van der Waals surface area contributed by atoms with Crippen LogP contribution in [0.2, 0.25) is 0 Å². The summed E-state index contributed by atoms with van der Waals surface area (Å²) in [6, 6.07) is 19.5. The summed E-state index contributed by atoms with van der Waals surface area (Å²) in [5.74, 6) is 0.0331. The van der Waals surface area contributed by atoms with Crippen molar-refractivity contribution in [2.45, 2.75) is 6.04 Å². The Bertz CT molecular complexity index is 858. The number of pyridine rings is 1. The second-order valence-corrected chi connectivity index (χ2v) is 5.88. The number of fused-ring (bicyclic) bond motifs is 1. The maximum atomic E-state index is 13.2. The van der Waals surface area contributed by atoms with Crippen molar-refractivity contribution in [1.29, 1.82) is 0 Å². The van der Waals surface area contributed by atoms with E-state index >= 15 is 0 Å². The van der Waals surface area contributed by atoms with Crippen LogP contribution >= 0.6 is 0 Å². The first kappa shape index (κ1) is 14.8. The fourth-order valence-electron chi connectivity index (χ4n) is 3.24. The highest BCUT2D eigenvalue weighted by Crippen LogP contribution is 2.27. The highest BCUT2D eigenvalue weighted by molar-refractivity contribution is 6.06. The van der Waals surface area contributed by atoms with E-state index in [2.05, 4.69) is 4.98 Å². The first-order valence-corrected chi connectivity index (χ1v) is 8.12. The molecule has 120 valence electrons. The van der Waals surface area contributed by atoms with E-state index in [4.69, 9.17) is 4.74 Å². The maximum Gasteiger partial charge on any atom is 0.255 e. The molecular formula is C20H18N2O2. The van der Waals surface area contributed by atoms with Gasteiger partial charge in [0.2, 0.25) is 0 Å². The molecular weight excluding hydrogens is 300 g/mol. The summed E-state index contributed by atoms with van der Waals surface area (Å²) in [5.41, 5.74) is 2.64. The number of nitrogens with zero attached hydrogens (tertiary/aromatic N) is 2. The van der Waals surface area contributed by atoms with Crippen LogP contribution < -0.4 is 0 Å². The molecule has 24 heavy (non-hydrogen) atoms. The monoisotopic (exact) mass is 318 g/mol. The van der Waals surface area contributed by atoms with Crippen molar-refractivity contribution in [3.05, 3.63) is 78.0 Å². The standard InChI is InChI=1S/C20H18N2O2/c23-20(17-8-4-10-18-16(17)9-5-11-21-18)22-12-13-24-14-19(22)15-6-2-1-3-7-15/h1-11,19H,12-14H2. The van der Waals surface area contributed by atoms with Crippen LogP contribution in [0.1, 0.15) is 22.0 Å². The highest BCUT2D eigenvalue weighted by Gasteiger charge is 2.29. The summed E-state index contributed by atoms with van der Waals surface area (Å²) in [6.07, 6.45) is 1.75. The van der Waals surface area contributed by atoms with Crippen LogP contribution in [0.15, 0.2) is 66.9 Å². The molecule has 1 unspecified atom stereocenters. The zero-order chi connectivity index (χ0) is 16.4. The highest BCUT2D eigenvalue weighted by atomic mass is 16.5. The van der Waals surface area contributed by atoms with Crippen LogP contribution in [0.5, 0.6) is 0 Å². The van der Waals surface area contributed by atoms with Gasteiger partial charge in [-0.2, -0.15) is 0 Å². The molecule has 0 N–H and O–H groups in total.